The van der Waals surface area contributed by atoms with E-state index in [9.17, 15) is 13.2 Å². The summed E-state index contributed by atoms with van der Waals surface area (Å²) in [4.78, 5) is 20.6. The van der Waals surface area contributed by atoms with Crippen molar-refractivity contribution in [2.75, 3.05) is 23.8 Å². The van der Waals surface area contributed by atoms with Crippen molar-refractivity contribution in [3.05, 3.63) is 66.5 Å². The van der Waals surface area contributed by atoms with Crippen LogP contribution in [0, 0.1) is 0 Å². The number of anilines is 2. The molecular weight excluding hydrogens is 502 g/mol. The first-order valence-corrected chi connectivity index (χ1v) is 13.0. The van der Waals surface area contributed by atoms with Crippen molar-refractivity contribution in [2.24, 2.45) is 0 Å². The average Bonchev–Trinajstić information content (AvgIpc) is 2.87. The van der Waals surface area contributed by atoms with E-state index in [1.807, 2.05) is 0 Å². The van der Waals surface area contributed by atoms with Crippen LogP contribution in [-0.2, 0) is 10.0 Å². The molecule has 36 heavy (non-hydrogen) atoms. The van der Waals surface area contributed by atoms with E-state index in [4.69, 9.17) is 21.7 Å². The first-order chi connectivity index (χ1) is 17.3. The standard InChI is InChI=1S/C24H27N5O5S2/c1-3-4-7-16-34-20-9-6-5-8-19(20)22(30)28-24(35)27-17-10-12-18(13-11-17)36(31,32)29-21-23(33-2)26-15-14-25-21/h5-6,8-15H,3-4,7,16H2,1-2H3,(H,25,29)(H2,27,28,30,35). The maximum Gasteiger partial charge on any atom is 0.263 e. The fourth-order valence-electron chi connectivity index (χ4n) is 3.10. The third-order valence-electron chi connectivity index (χ3n) is 4.88. The maximum absolute atomic E-state index is 12.7. The number of hydrogen-bond donors (Lipinski definition) is 3. The van der Waals surface area contributed by atoms with Crippen molar-refractivity contribution in [2.45, 2.75) is 31.1 Å². The molecule has 0 aliphatic heterocycles. The molecule has 0 aliphatic rings. The molecule has 10 nitrogen and oxygen atoms in total. The van der Waals surface area contributed by atoms with Crippen LogP contribution in [0.25, 0.3) is 0 Å². The first kappa shape index (κ1) is 26.8. The summed E-state index contributed by atoms with van der Waals surface area (Å²) in [5.41, 5.74) is 0.852. The Morgan fingerprint density at radius 2 is 1.75 bits per heavy atom. The van der Waals surface area contributed by atoms with Gasteiger partial charge in [-0.1, -0.05) is 31.9 Å². The fraction of sp³-hybridized carbons (Fsp3) is 0.250. The third-order valence-corrected chi connectivity index (χ3v) is 6.43. The third kappa shape index (κ3) is 7.36. The largest absolute Gasteiger partial charge is 0.493 e. The van der Waals surface area contributed by atoms with E-state index in [2.05, 4.69) is 32.2 Å². The van der Waals surface area contributed by atoms with E-state index in [1.165, 1.54) is 43.8 Å². The van der Waals surface area contributed by atoms with Gasteiger partial charge >= 0.3 is 0 Å². The van der Waals surface area contributed by atoms with E-state index in [0.29, 0.717) is 23.6 Å². The Morgan fingerprint density at radius 1 is 1.03 bits per heavy atom. The molecule has 3 N–H and O–H groups in total. The lowest BCUT2D eigenvalue weighted by Gasteiger charge is -2.13. The number of unbranched alkanes of at least 4 members (excludes halogenated alkanes) is 2. The van der Waals surface area contributed by atoms with Gasteiger partial charge in [0.1, 0.15) is 5.75 Å². The number of benzene rings is 2. The molecule has 0 unspecified atom stereocenters. The number of amides is 1. The van der Waals surface area contributed by atoms with Crippen LogP contribution in [0.4, 0.5) is 11.5 Å². The second-order valence-corrected chi connectivity index (χ2v) is 9.59. The van der Waals surface area contributed by atoms with Gasteiger partial charge in [-0.05, 0) is 55.0 Å². The van der Waals surface area contributed by atoms with Crippen LogP contribution in [0.3, 0.4) is 0 Å². The minimum Gasteiger partial charge on any atom is -0.493 e. The molecule has 1 heterocycles. The molecule has 0 saturated heterocycles. The Morgan fingerprint density at radius 3 is 2.47 bits per heavy atom. The van der Waals surface area contributed by atoms with Crippen LogP contribution in [0.2, 0.25) is 0 Å². The molecule has 0 bridgehead atoms. The molecular formula is C24H27N5O5S2. The summed E-state index contributed by atoms with van der Waals surface area (Å²) in [5.74, 6) is 0.0877. The highest BCUT2D eigenvalue weighted by Crippen LogP contribution is 2.22. The van der Waals surface area contributed by atoms with Crippen LogP contribution in [0.5, 0.6) is 11.6 Å². The highest BCUT2D eigenvalue weighted by atomic mass is 32.2. The number of sulfonamides is 1. The minimum atomic E-state index is -3.94. The quantitative estimate of drug-likeness (QED) is 0.249. The Balaban J connectivity index is 1.61. The van der Waals surface area contributed by atoms with Gasteiger partial charge in [-0.15, -0.1) is 0 Å². The van der Waals surface area contributed by atoms with Crippen LogP contribution in [0.15, 0.2) is 65.8 Å². The van der Waals surface area contributed by atoms with Crippen molar-refractivity contribution >= 4 is 44.8 Å². The van der Waals surface area contributed by atoms with Gasteiger partial charge in [-0.3, -0.25) is 14.8 Å². The maximum atomic E-state index is 12.7. The van der Waals surface area contributed by atoms with Gasteiger partial charge in [0.2, 0.25) is 5.82 Å². The number of thiocarbonyl (C=S) groups is 1. The first-order valence-electron chi connectivity index (χ1n) is 11.2. The number of aromatic nitrogens is 2. The monoisotopic (exact) mass is 529 g/mol. The summed E-state index contributed by atoms with van der Waals surface area (Å²) in [7, 11) is -2.58. The molecule has 0 radical (unpaired) electrons. The number of methoxy groups -OCH3 is 1. The molecule has 0 spiro atoms. The summed E-state index contributed by atoms with van der Waals surface area (Å²) in [5, 5.41) is 5.54. The summed E-state index contributed by atoms with van der Waals surface area (Å²) in [6.07, 6.45) is 5.76. The van der Waals surface area contributed by atoms with E-state index in [-0.39, 0.29) is 21.7 Å². The second kappa shape index (κ2) is 12.8. The Bertz CT molecular complexity index is 1300. The van der Waals surface area contributed by atoms with Crippen LogP contribution < -0.4 is 24.8 Å². The molecule has 3 aromatic rings. The number of hydrogen-bond acceptors (Lipinski definition) is 8. The average molecular weight is 530 g/mol. The number of nitrogens with zero attached hydrogens (tertiary/aromatic N) is 2. The van der Waals surface area contributed by atoms with Crippen molar-refractivity contribution < 1.29 is 22.7 Å². The summed E-state index contributed by atoms with van der Waals surface area (Å²) >= 11 is 5.25. The highest BCUT2D eigenvalue weighted by molar-refractivity contribution is 7.92. The lowest BCUT2D eigenvalue weighted by Crippen LogP contribution is -2.34. The molecule has 0 fully saturated rings. The Labute approximate surface area is 215 Å². The Hall–Kier alpha value is -3.77. The normalized spacial score (nSPS) is 10.8. The number of nitrogens with one attached hydrogen (secondary N) is 3. The van der Waals surface area contributed by atoms with Crippen LogP contribution >= 0.6 is 12.2 Å². The van der Waals surface area contributed by atoms with Crippen molar-refractivity contribution in [1.82, 2.24) is 15.3 Å². The van der Waals surface area contributed by atoms with Crippen LogP contribution in [-0.4, -0.2) is 43.1 Å². The molecule has 1 amide bonds. The number of carbonyl (C=O) groups is 1. The highest BCUT2D eigenvalue weighted by Gasteiger charge is 2.18. The summed E-state index contributed by atoms with van der Waals surface area (Å²) in [6, 6.07) is 12.8. The van der Waals surface area contributed by atoms with Crippen molar-refractivity contribution in [1.29, 1.82) is 0 Å². The van der Waals surface area contributed by atoms with E-state index in [0.717, 1.165) is 19.3 Å². The molecule has 0 atom stereocenters. The van der Waals surface area contributed by atoms with Crippen LogP contribution in [0.1, 0.15) is 36.5 Å². The predicted octanol–water partition coefficient (Wildman–Crippen LogP) is 3.98. The van der Waals surface area contributed by atoms with Gasteiger partial charge in [0.15, 0.2) is 5.11 Å². The van der Waals surface area contributed by atoms with Gasteiger partial charge < -0.3 is 14.8 Å². The zero-order valence-corrected chi connectivity index (χ0v) is 21.5. The van der Waals surface area contributed by atoms with E-state index >= 15 is 0 Å². The minimum absolute atomic E-state index is 0.00939. The predicted molar refractivity (Wildman–Crippen MR) is 141 cm³/mol. The number of rotatable bonds is 11. The van der Waals surface area contributed by atoms with Crippen molar-refractivity contribution in [3.8, 4) is 11.6 Å². The van der Waals surface area contributed by atoms with Gasteiger partial charge in [0.05, 0.1) is 24.2 Å². The lowest BCUT2D eigenvalue weighted by molar-refractivity contribution is 0.0973. The van der Waals surface area contributed by atoms with E-state index < -0.39 is 15.9 Å². The molecule has 2 aromatic carbocycles. The fourth-order valence-corrected chi connectivity index (χ4v) is 4.31. The van der Waals surface area contributed by atoms with Gasteiger partial charge in [0.25, 0.3) is 21.8 Å². The zero-order chi connectivity index (χ0) is 26.0. The number of carbonyl (C=O) groups excluding carboxylic acids is 1. The van der Waals surface area contributed by atoms with Gasteiger partial charge in [0, 0.05) is 18.1 Å². The molecule has 1 aromatic heterocycles. The smallest absolute Gasteiger partial charge is 0.263 e. The van der Waals surface area contributed by atoms with Gasteiger partial charge in [-0.2, -0.15) is 0 Å². The Kier molecular flexibility index (Phi) is 9.53. The molecule has 190 valence electrons. The second-order valence-electron chi connectivity index (χ2n) is 7.50. The summed E-state index contributed by atoms with van der Waals surface area (Å²) in [6.45, 7) is 2.63. The van der Waals surface area contributed by atoms with Crippen molar-refractivity contribution in [3.63, 3.8) is 0 Å². The van der Waals surface area contributed by atoms with Gasteiger partial charge in [-0.25, -0.2) is 18.4 Å². The number of ether oxygens (including phenoxy) is 2. The van der Waals surface area contributed by atoms with E-state index in [1.54, 1.807) is 24.3 Å². The molecule has 3 rings (SSSR count). The molecule has 0 saturated carbocycles. The zero-order valence-electron chi connectivity index (χ0n) is 19.9. The summed E-state index contributed by atoms with van der Waals surface area (Å²) < 4.78 is 38.5. The molecule has 0 aliphatic carbocycles. The lowest BCUT2D eigenvalue weighted by atomic mass is 10.2. The SMILES string of the molecule is CCCCCOc1ccccc1C(=O)NC(=S)Nc1ccc(S(=O)(=O)Nc2nccnc2OC)cc1. The number of para-hydroxylation sites is 1. The topological polar surface area (TPSA) is 132 Å². The molecule has 12 heteroatoms.